The summed E-state index contributed by atoms with van der Waals surface area (Å²) in [5.74, 6) is 0.0963. The van der Waals surface area contributed by atoms with E-state index in [0.29, 0.717) is 11.6 Å². The van der Waals surface area contributed by atoms with Crippen molar-refractivity contribution in [3.8, 4) is 0 Å². The monoisotopic (exact) mass is 268 g/mol. The molecular weight excluding hydrogens is 252 g/mol. The van der Waals surface area contributed by atoms with Crippen molar-refractivity contribution in [2.24, 2.45) is 10.9 Å². The van der Waals surface area contributed by atoms with Gasteiger partial charge in [-0.15, -0.1) is 0 Å². The summed E-state index contributed by atoms with van der Waals surface area (Å²) in [5, 5.41) is 12.1. The van der Waals surface area contributed by atoms with E-state index in [2.05, 4.69) is 34.1 Å². The van der Waals surface area contributed by atoms with E-state index in [9.17, 15) is 0 Å². The summed E-state index contributed by atoms with van der Waals surface area (Å²) in [6.07, 6.45) is 4.37. The zero-order chi connectivity index (χ0) is 14.1. The first-order valence-corrected chi connectivity index (χ1v) is 6.51. The van der Waals surface area contributed by atoms with Crippen LogP contribution in [-0.2, 0) is 6.42 Å². The van der Waals surface area contributed by atoms with E-state index in [1.54, 1.807) is 18.5 Å². The molecule has 1 aliphatic rings. The second kappa shape index (κ2) is 4.85. The number of amidine groups is 1. The van der Waals surface area contributed by atoms with Crippen LogP contribution < -0.4 is 10.6 Å². The summed E-state index contributed by atoms with van der Waals surface area (Å²) >= 11 is 0. The maximum absolute atomic E-state index is 8.94. The smallest absolute Gasteiger partial charge is 0.172 e. The molecule has 1 aliphatic heterocycles. The van der Waals surface area contributed by atoms with Crippen molar-refractivity contribution in [2.45, 2.75) is 19.4 Å². The first-order valence-electron chi connectivity index (χ1n) is 6.51. The molecule has 20 heavy (non-hydrogen) atoms. The summed E-state index contributed by atoms with van der Waals surface area (Å²) in [5.41, 5.74) is 9.77. The summed E-state index contributed by atoms with van der Waals surface area (Å²) in [7, 11) is 0. The molecule has 5 heteroatoms. The van der Waals surface area contributed by atoms with Crippen LogP contribution in [0.5, 0.6) is 0 Å². The van der Waals surface area contributed by atoms with Gasteiger partial charge in [0.25, 0.3) is 0 Å². The predicted octanol–water partition coefficient (Wildman–Crippen LogP) is 2.26. The first-order chi connectivity index (χ1) is 9.72. The molecule has 1 aromatic heterocycles. The highest BCUT2D eigenvalue weighted by Gasteiger charge is 2.29. The lowest BCUT2D eigenvalue weighted by Gasteiger charge is -2.26. The normalized spacial score (nSPS) is 18.1. The number of aromatic nitrogens is 1. The molecule has 0 saturated heterocycles. The Morgan fingerprint density at radius 1 is 1.35 bits per heavy atom. The molecule has 102 valence electrons. The lowest BCUT2D eigenvalue weighted by molar-refractivity contribution is 0.318. The number of anilines is 2. The molecule has 1 atom stereocenters. The van der Waals surface area contributed by atoms with Crippen molar-refractivity contribution in [1.82, 2.24) is 4.98 Å². The van der Waals surface area contributed by atoms with Crippen LogP contribution in [0, 0.1) is 0 Å². The van der Waals surface area contributed by atoms with E-state index in [1.807, 2.05) is 12.1 Å². The molecule has 0 aliphatic carbocycles. The van der Waals surface area contributed by atoms with Gasteiger partial charge in [-0.2, -0.15) is 0 Å². The van der Waals surface area contributed by atoms with Gasteiger partial charge in [-0.3, -0.25) is 4.98 Å². The van der Waals surface area contributed by atoms with Crippen LogP contribution in [0.1, 0.15) is 18.1 Å². The van der Waals surface area contributed by atoms with Crippen LogP contribution in [-0.4, -0.2) is 22.1 Å². The fourth-order valence-electron chi connectivity index (χ4n) is 2.78. The van der Waals surface area contributed by atoms with Gasteiger partial charge in [0.05, 0.1) is 11.9 Å². The van der Waals surface area contributed by atoms with Crippen LogP contribution in [0.25, 0.3) is 0 Å². The van der Waals surface area contributed by atoms with Gasteiger partial charge in [-0.1, -0.05) is 23.4 Å². The van der Waals surface area contributed by atoms with Crippen molar-refractivity contribution in [3.05, 3.63) is 53.9 Å². The number of para-hydroxylation sites is 1. The van der Waals surface area contributed by atoms with Crippen LogP contribution >= 0.6 is 0 Å². The molecule has 0 bridgehead atoms. The number of hydrogen-bond donors (Lipinski definition) is 2. The maximum atomic E-state index is 8.94. The summed E-state index contributed by atoms with van der Waals surface area (Å²) < 4.78 is 0. The molecule has 2 aromatic rings. The highest BCUT2D eigenvalue weighted by molar-refractivity contribution is 6.03. The molecule has 2 heterocycles. The number of hydrogen-bond acceptors (Lipinski definition) is 4. The van der Waals surface area contributed by atoms with Gasteiger partial charge >= 0.3 is 0 Å². The van der Waals surface area contributed by atoms with Crippen LogP contribution in [0.3, 0.4) is 0 Å². The average Bonchev–Trinajstić information content (AvgIpc) is 2.82. The molecule has 1 unspecified atom stereocenters. The maximum Gasteiger partial charge on any atom is 0.172 e. The number of pyridine rings is 1. The first kappa shape index (κ1) is 12.5. The second-order valence-electron chi connectivity index (χ2n) is 4.93. The molecular formula is C15H16N4O. The highest BCUT2D eigenvalue weighted by Crippen LogP contribution is 2.39. The standard InChI is InChI=1S/C15H16N4O/c1-10-8-11-4-2-3-5-13(11)19(10)14-9-17-7-6-12(14)15(16)18-20/h2-7,9-10,20H,8H2,1H3,(H2,16,18). The molecule has 5 nitrogen and oxygen atoms in total. The van der Waals surface area contributed by atoms with Gasteiger partial charge < -0.3 is 15.8 Å². The minimum absolute atomic E-state index is 0.0963. The Hall–Kier alpha value is -2.56. The fourth-order valence-corrected chi connectivity index (χ4v) is 2.78. The van der Waals surface area contributed by atoms with Crippen molar-refractivity contribution >= 4 is 17.2 Å². The fraction of sp³-hybridized carbons (Fsp3) is 0.200. The number of oxime groups is 1. The van der Waals surface area contributed by atoms with E-state index in [0.717, 1.165) is 17.8 Å². The minimum atomic E-state index is 0.0963. The van der Waals surface area contributed by atoms with Gasteiger partial charge in [0.15, 0.2) is 5.84 Å². The second-order valence-corrected chi connectivity index (χ2v) is 4.93. The Bertz CT molecular complexity index is 668. The molecule has 0 radical (unpaired) electrons. The van der Waals surface area contributed by atoms with Gasteiger partial charge in [-0.25, -0.2) is 0 Å². The third kappa shape index (κ3) is 1.87. The number of fused-ring (bicyclic) bond motifs is 1. The highest BCUT2D eigenvalue weighted by atomic mass is 16.4. The van der Waals surface area contributed by atoms with Crippen LogP contribution in [0.15, 0.2) is 47.9 Å². The lowest BCUT2D eigenvalue weighted by Crippen LogP contribution is -2.27. The van der Waals surface area contributed by atoms with E-state index in [4.69, 9.17) is 10.9 Å². The van der Waals surface area contributed by atoms with E-state index >= 15 is 0 Å². The number of rotatable bonds is 2. The lowest BCUT2D eigenvalue weighted by atomic mass is 10.1. The zero-order valence-electron chi connectivity index (χ0n) is 11.2. The Balaban J connectivity index is 2.15. The zero-order valence-corrected chi connectivity index (χ0v) is 11.2. The summed E-state index contributed by atoms with van der Waals surface area (Å²) in [6.45, 7) is 2.16. The Morgan fingerprint density at radius 2 is 2.15 bits per heavy atom. The summed E-state index contributed by atoms with van der Waals surface area (Å²) in [4.78, 5) is 6.37. The van der Waals surface area contributed by atoms with Crippen molar-refractivity contribution < 1.29 is 5.21 Å². The molecule has 0 spiro atoms. The molecule has 1 aromatic carbocycles. The topological polar surface area (TPSA) is 74.7 Å². The third-order valence-corrected chi connectivity index (χ3v) is 3.65. The average molecular weight is 268 g/mol. The van der Waals surface area contributed by atoms with Gasteiger partial charge in [0.1, 0.15) is 0 Å². The molecule has 3 rings (SSSR count). The SMILES string of the molecule is CC1Cc2ccccc2N1c1cnccc1/C(N)=N/O. The Kier molecular flexibility index (Phi) is 3.02. The van der Waals surface area contributed by atoms with E-state index in [1.165, 1.54) is 5.56 Å². The summed E-state index contributed by atoms with van der Waals surface area (Å²) in [6, 6.07) is 10.3. The van der Waals surface area contributed by atoms with Crippen molar-refractivity contribution in [1.29, 1.82) is 0 Å². The van der Waals surface area contributed by atoms with Crippen molar-refractivity contribution in [2.75, 3.05) is 4.90 Å². The van der Waals surface area contributed by atoms with Gasteiger partial charge in [0.2, 0.25) is 0 Å². The molecule has 0 amide bonds. The number of nitrogens with two attached hydrogens (primary N) is 1. The number of nitrogens with zero attached hydrogens (tertiary/aromatic N) is 3. The quantitative estimate of drug-likeness (QED) is 0.379. The predicted molar refractivity (Wildman–Crippen MR) is 78.5 cm³/mol. The molecule has 3 N–H and O–H groups in total. The van der Waals surface area contributed by atoms with Crippen molar-refractivity contribution in [3.63, 3.8) is 0 Å². The van der Waals surface area contributed by atoms with Gasteiger partial charge in [-0.05, 0) is 31.0 Å². The number of benzene rings is 1. The van der Waals surface area contributed by atoms with Gasteiger partial charge in [0, 0.05) is 23.5 Å². The minimum Gasteiger partial charge on any atom is -0.409 e. The largest absolute Gasteiger partial charge is 0.409 e. The third-order valence-electron chi connectivity index (χ3n) is 3.65. The molecule has 0 fully saturated rings. The van der Waals surface area contributed by atoms with E-state index in [-0.39, 0.29) is 5.84 Å². The Labute approximate surface area is 117 Å². The molecule has 0 saturated carbocycles. The van der Waals surface area contributed by atoms with Crippen LogP contribution in [0.4, 0.5) is 11.4 Å². The van der Waals surface area contributed by atoms with Crippen LogP contribution in [0.2, 0.25) is 0 Å². The van der Waals surface area contributed by atoms with E-state index < -0.39 is 0 Å². The Morgan fingerprint density at radius 3 is 2.95 bits per heavy atom.